The Labute approximate surface area is 106 Å². The average molecular weight is 305 g/mol. The van der Waals surface area contributed by atoms with Gasteiger partial charge in [-0.2, -0.15) is 0 Å². The lowest BCUT2D eigenvalue weighted by Gasteiger charge is -2.09. The molecule has 0 aromatic heterocycles. The Morgan fingerprint density at radius 3 is 2.38 bits per heavy atom. The molecule has 0 amide bonds. The first-order chi connectivity index (χ1) is 7.56. The third-order valence-electron chi connectivity index (χ3n) is 2.58. The Kier molecular flexibility index (Phi) is 5.49. The van der Waals surface area contributed by atoms with Crippen LogP contribution in [0.15, 0.2) is 35.2 Å². The fourth-order valence-corrected chi connectivity index (χ4v) is 3.73. The van der Waals surface area contributed by atoms with Gasteiger partial charge in [-0.1, -0.05) is 41.1 Å². The van der Waals surface area contributed by atoms with Crippen LogP contribution in [-0.2, 0) is 9.84 Å². The molecule has 0 saturated carbocycles. The Morgan fingerprint density at radius 1 is 1.19 bits per heavy atom. The van der Waals surface area contributed by atoms with Crippen LogP contribution >= 0.6 is 15.9 Å². The van der Waals surface area contributed by atoms with Gasteiger partial charge in [0.05, 0.1) is 10.6 Å². The maximum atomic E-state index is 11.9. The van der Waals surface area contributed by atoms with Crippen LogP contribution in [0.25, 0.3) is 0 Å². The smallest absolute Gasteiger partial charge is 0.178 e. The molecule has 0 aliphatic rings. The lowest BCUT2D eigenvalue weighted by atomic mass is 10.1. The topological polar surface area (TPSA) is 34.1 Å². The predicted octanol–water partition coefficient (Wildman–Crippen LogP) is 3.27. The quantitative estimate of drug-likeness (QED) is 0.756. The maximum absolute atomic E-state index is 11.9. The molecule has 0 heterocycles. The first kappa shape index (κ1) is 13.7. The van der Waals surface area contributed by atoms with E-state index in [4.69, 9.17) is 0 Å². The summed E-state index contributed by atoms with van der Waals surface area (Å²) in [5.74, 6) is 0.684. The minimum Gasteiger partial charge on any atom is -0.224 e. The molecule has 0 fully saturated rings. The van der Waals surface area contributed by atoms with Crippen molar-refractivity contribution < 1.29 is 8.42 Å². The lowest BCUT2D eigenvalue weighted by Crippen LogP contribution is -2.10. The highest BCUT2D eigenvalue weighted by Crippen LogP contribution is 2.16. The predicted molar refractivity (Wildman–Crippen MR) is 70.7 cm³/mol. The van der Waals surface area contributed by atoms with Crippen molar-refractivity contribution in [3.8, 4) is 0 Å². The van der Waals surface area contributed by atoms with Crippen molar-refractivity contribution in [3.63, 3.8) is 0 Å². The van der Waals surface area contributed by atoms with Gasteiger partial charge in [-0.05, 0) is 30.9 Å². The fourth-order valence-electron chi connectivity index (χ4n) is 1.43. The summed E-state index contributed by atoms with van der Waals surface area (Å²) in [4.78, 5) is 0.432. The molecule has 4 heteroatoms. The van der Waals surface area contributed by atoms with Crippen LogP contribution in [0.2, 0.25) is 0 Å². The number of sulfone groups is 1. The van der Waals surface area contributed by atoms with E-state index in [9.17, 15) is 8.42 Å². The summed E-state index contributed by atoms with van der Waals surface area (Å²) in [6.07, 6.45) is 1.74. The highest BCUT2D eigenvalue weighted by molar-refractivity contribution is 9.09. The van der Waals surface area contributed by atoms with Gasteiger partial charge in [0, 0.05) is 5.33 Å². The molecule has 0 aliphatic carbocycles. The van der Waals surface area contributed by atoms with E-state index in [1.807, 2.05) is 6.07 Å². The zero-order chi connectivity index (χ0) is 12.0. The third-order valence-corrected chi connectivity index (χ3v) is 4.81. The summed E-state index contributed by atoms with van der Waals surface area (Å²) >= 11 is 3.37. The summed E-state index contributed by atoms with van der Waals surface area (Å²) in [6.45, 7) is 2.09. The van der Waals surface area contributed by atoms with E-state index in [1.165, 1.54) is 0 Å². The molecule has 1 rings (SSSR count). The average Bonchev–Trinajstić information content (AvgIpc) is 2.28. The number of hydrogen-bond donors (Lipinski definition) is 0. The molecule has 0 saturated heterocycles. The molecule has 0 radical (unpaired) electrons. The summed E-state index contributed by atoms with van der Waals surface area (Å²) in [5.41, 5.74) is 0. The Balaban J connectivity index is 2.60. The number of rotatable bonds is 6. The summed E-state index contributed by atoms with van der Waals surface area (Å²) in [7, 11) is -3.09. The van der Waals surface area contributed by atoms with Crippen LogP contribution in [0.4, 0.5) is 0 Å². The zero-order valence-corrected chi connectivity index (χ0v) is 11.8. The van der Waals surface area contributed by atoms with Crippen LogP contribution < -0.4 is 0 Å². The SMILES string of the molecule is CC(CCBr)CCS(=O)(=O)c1ccccc1. The van der Waals surface area contributed by atoms with Crippen LogP contribution in [0.5, 0.6) is 0 Å². The third kappa shape index (κ3) is 4.26. The zero-order valence-electron chi connectivity index (χ0n) is 9.40. The van der Waals surface area contributed by atoms with Crippen molar-refractivity contribution in [3.05, 3.63) is 30.3 Å². The second-order valence-electron chi connectivity index (χ2n) is 4.00. The van der Waals surface area contributed by atoms with Crippen molar-refractivity contribution in [2.45, 2.75) is 24.7 Å². The largest absolute Gasteiger partial charge is 0.224 e. The number of alkyl halides is 1. The molecule has 1 atom stereocenters. The molecule has 1 aromatic carbocycles. The van der Waals surface area contributed by atoms with Gasteiger partial charge in [0.2, 0.25) is 0 Å². The molecule has 0 bridgehead atoms. The number of benzene rings is 1. The molecular weight excluding hydrogens is 288 g/mol. The van der Waals surface area contributed by atoms with Crippen molar-refractivity contribution in [2.75, 3.05) is 11.1 Å². The van der Waals surface area contributed by atoms with Crippen LogP contribution in [-0.4, -0.2) is 19.5 Å². The summed E-state index contributed by atoms with van der Waals surface area (Å²) in [6, 6.07) is 8.66. The molecule has 2 nitrogen and oxygen atoms in total. The summed E-state index contributed by atoms with van der Waals surface area (Å²) in [5, 5.41) is 0.930. The highest BCUT2D eigenvalue weighted by Gasteiger charge is 2.15. The van der Waals surface area contributed by atoms with E-state index < -0.39 is 9.84 Å². The monoisotopic (exact) mass is 304 g/mol. The fraction of sp³-hybridized carbons (Fsp3) is 0.500. The maximum Gasteiger partial charge on any atom is 0.178 e. The van der Waals surface area contributed by atoms with Crippen molar-refractivity contribution in [2.24, 2.45) is 5.92 Å². The minimum atomic E-state index is -3.09. The van der Waals surface area contributed by atoms with E-state index in [1.54, 1.807) is 24.3 Å². The normalized spacial score (nSPS) is 13.6. The van der Waals surface area contributed by atoms with E-state index >= 15 is 0 Å². The van der Waals surface area contributed by atoms with Gasteiger partial charge < -0.3 is 0 Å². The first-order valence-corrected chi connectivity index (χ1v) is 8.17. The second kappa shape index (κ2) is 6.40. The van der Waals surface area contributed by atoms with E-state index in [0.717, 1.165) is 18.2 Å². The Morgan fingerprint density at radius 2 is 1.81 bits per heavy atom. The second-order valence-corrected chi connectivity index (χ2v) is 6.91. The van der Waals surface area contributed by atoms with Crippen LogP contribution in [0, 0.1) is 5.92 Å². The molecular formula is C12H17BrO2S. The molecule has 1 unspecified atom stereocenters. The molecule has 0 N–H and O–H groups in total. The van der Waals surface area contributed by atoms with E-state index in [-0.39, 0.29) is 5.75 Å². The van der Waals surface area contributed by atoms with Crippen LogP contribution in [0.3, 0.4) is 0 Å². The van der Waals surface area contributed by atoms with Crippen molar-refractivity contribution in [1.82, 2.24) is 0 Å². The standard InChI is InChI=1S/C12H17BrO2S/c1-11(7-9-13)8-10-16(14,15)12-5-3-2-4-6-12/h2-6,11H,7-10H2,1H3. The van der Waals surface area contributed by atoms with E-state index in [2.05, 4.69) is 22.9 Å². The van der Waals surface area contributed by atoms with Gasteiger partial charge >= 0.3 is 0 Å². The molecule has 90 valence electrons. The molecule has 0 aliphatic heterocycles. The molecule has 0 spiro atoms. The van der Waals surface area contributed by atoms with Crippen molar-refractivity contribution >= 4 is 25.8 Å². The lowest BCUT2D eigenvalue weighted by molar-refractivity contribution is 0.536. The van der Waals surface area contributed by atoms with Gasteiger partial charge in [-0.25, -0.2) is 8.42 Å². The van der Waals surface area contributed by atoms with Gasteiger partial charge in [-0.3, -0.25) is 0 Å². The summed E-state index contributed by atoms with van der Waals surface area (Å²) < 4.78 is 23.9. The number of halogens is 1. The van der Waals surface area contributed by atoms with Gasteiger partial charge in [0.1, 0.15) is 0 Å². The Hall–Kier alpha value is -0.350. The van der Waals surface area contributed by atoms with Gasteiger partial charge in [0.15, 0.2) is 9.84 Å². The number of hydrogen-bond acceptors (Lipinski definition) is 2. The van der Waals surface area contributed by atoms with Crippen molar-refractivity contribution in [1.29, 1.82) is 0 Å². The van der Waals surface area contributed by atoms with E-state index in [0.29, 0.717) is 10.8 Å². The first-order valence-electron chi connectivity index (χ1n) is 5.40. The van der Waals surface area contributed by atoms with Gasteiger partial charge in [-0.15, -0.1) is 0 Å². The molecule has 1 aromatic rings. The van der Waals surface area contributed by atoms with Gasteiger partial charge in [0.25, 0.3) is 0 Å². The highest BCUT2D eigenvalue weighted by atomic mass is 79.9. The minimum absolute atomic E-state index is 0.241. The molecule has 16 heavy (non-hydrogen) atoms. The van der Waals surface area contributed by atoms with Crippen LogP contribution in [0.1, 0.15) is 19.8 Å². The Bertz CT molecular complexity index is 400.